The average molecular weight is 231 g/mol. The molecule has 0 aromatic carbocycles. The van der Waals surface area contributed by atoms with Crippen LogP contribution in [0.5, 0.6) is 0 Å². The van der Waals surface area contributed by atoms with Gasteiger partial charge in [0.05, 0.1) is 0 Å². The van der Waals surface area contributed by atoms with Crippen molar-refractivity contribution in [2.75, 3.05) is 18.1 Å². The topological polar surface area (TPSA) is 43.1 Å². The maximum atomic E-state index is 11.8. The van der Waals surface area contributed by atoms with Crippen molar-refractivity contribution in [3.63, 3.8) is 0 Å². The summed E-state index contributed by atoms with van der Waals surface area (Å²) in [6, 6.07) is 0. The summed E-state index contributed by atoms with van der Waals surface area (Å²) in [5.41, 5.74) is 5.82. The molecule has 1 fully saturated rings. The van der Waals surface area contributed by atoms with Gasteiger partial charge in [-0.2, -0.15) is 0 Å². The van der Waals surface area contributed by atoms with Crippen LogP contribution < -0.4 is 5.73 Å². The third-order valence-corrected chi connectivity index (χ3v) is 4.96. The normalized spacial score (nSPS) is 20.7. The Morgan fingerprint density at radius 1 is 1.33 bits per heavy atom. The molecule has 0 spiro atoms. The smallest absolute Gasteiger partial charge is 0.0263 e. The Morgan fingerprint density at radius 2 is 1.93 bits per heavy atom. The fourth-order valence-corrected chi connectivity index (χ4v) is 3.82. The summed E-state index contributed by atoms with van der Waals surface area (Å²) in [6.45, 7) is 4.99. The van der Waals surface area contributed by atoms with Gasteiger partial charge in [0.2, 0.25) is 0 Å². The van der Waals surface area contributed by atoms with E-state index in [-0.39, 0.29) is 5.41 Å². The molecule has 2 N–H and O–H groups in total. The van der Waals surface area contributed by atoms with Crippen molar-refractivity contribution in [3.8, 4) is 0 Å². The number of hydrogen-bond donors (Lipinski definition) is 1. The van der Waals surface area contributed by atoms with Crippen LogP contribution in [-0.2, 0) is 10.8 Å². The van der Waals surface area contributed by atoms with Gasteiger partial charge >= 0.3 is 0 Å². The van der Waals surface area contributed by atoms with E-state index in [0.717, 1.165) is 23.8 Å². The molecular weight excluding hydrogens is 206 g/mol. The molecule has 0 amide bonds. The molecule has 1 unspecified atom stereocenters. The standard InChI is InChI=1S/C12H25NOS/c1-12(2,10-13)7-8-15(14)9-11-5-3-4-6-11/h11H,3-10,13H2,1-2H3. The van der Waals surface area contributed by atoms with Crippen molar-refractivity contribution in [3.05, 3.63) is 0 Å². The molecule has 0 aliphatic heterocycles. The predicted octanol–water partition coefficient (Wildman–Crippen LogP) is 2.30. The van der Waals surface area contributed by atoms with E-state index in [1.807, 2.05) is 0 Å². The van der Waals surface area contributed by atoms with E-state index < -0.39 is 10.8 Å². The van der Waals surface area contributed by atoms with Crippen molar-refractivity contribution in [2.45, 2.75) is 46.0 Å². The summed E-state index contributed by atoms with van der Waals surface area (Å²) in [5.74, 6) is 2.51. The molecule has 0 bridgehead atoms. The van der Waals surface area contributed by atoms with Crippen LogP contribution in [0.25, 0.3) is 0 Å². The molecule has 2 nitrogen and oxygen atoms in total. The van der Waals surface area contributed by atoms with Crippen molar-refractivity contribution >= 4 is 10.8 Å². The first-order valence-electron chi connectivity index (χ1n) is 6.08. The second-order valence-corrected chi connectivity index (χ2v) is 7.20. The molecule has 1 atom stereocenters. The van der Waals surface area contributed by atoms with Crippen LogP contribution in [0.3, 0.4) is 0 Å². The summed E-state index contributed by atoms with van der Waals surface area (Å²) < 4.78 is 11.8. The van der Waals surface area contributed by atoms with Gasteiger partial charge in [-0.15, -0.1) is 0 Å². The molecule has 0 radical (unpaired) electrons. The van der Waals surface area contributed by atoms with Crippen molar-refractivity contribution < 1.29 is 4.21 Å². The SMILES string of the molecule is CC(C)(CN)CCS(=O)CC1CCCC1. The lowest BCUT2D eigenvalue weighted by Gasteiger charge is -2.22. The van der Waals surface area contributed by atoms with Gasteiger partial charge in [-0.05, 0) is 37.1 Å². The monoisotopic (exact) mass is 231 g/mol. The van der Waals surface area contributed by atoms with Crippen LogP contribution in [0.15, 0.2) is 0 Å². The minimum atomic E-state index is -0.613. The zero-order chi connectivity index (χ0) is 11.3. The Morgan fingerprint density at radius 3 is 2.47 bits per heavy atom. The fourth-order valence-electron chi connectivity index (χ4n) is 2.02. The molecule has 90 valence electrons. The Bertz CT molecular complexity index is 210. The summed E-state index contributed by atoms with van der Waals surface area (Å²) in [5, 5.41) is 0. The van der Waals surface area contributed by atoms with Crippen molar-refractivity contribution in [1.29, 1.82) is 0 Å². The summed E-state index contributed by atoms with van der Waals surface area (Å²) in [6.07, 6.45) is 6.27. The minimum absolute atomic E-state index is 0.158. The zero-order valence-electron chi connectivity index (χ0n) is 10.1. The van der Waals surface area contributed by atoms with Crippen molar-refractivity contribution in [2.24, 2.45) is 17.1 Å². The van der Waals surface area contributed by atoms with Crippen molar-refractivity contribution in [1.82, 2.24) is 0 Å². The van der Waals surface area contributed by atoms with E-state index in [0.29, 0.717) is 6.54 Å². The van der Waals surface area contributed by atoms with Gasteiger partial charge in [0.15, 0.2) is 0 Å². The molecule has 3 heteroatoms. The Labute approximate surface area is 96.5 Å². The molecule has 1 aliphatic rings. The first-order valence-corrected chi connectivity index (χ1v) is 7.57. The third-order valence-electron chi connectivity index (χ3n) is 3.46. The summed E-state index contributed by atoms with van der Waals surface area (Å²) in [7, 11) is -0.613. The number of hydrogen-bond acceptors (Lipinski definition) is 2. The largest absolute Gasteiger partial charge is 0.330 e. The molecule has 0 aromatic rings. The molecule has 1 rings (SSSR count). The Hall–Kier alpha value is 0.110. The van der Waals surface area contributed by atoms with Gasteiger partial charge in [-0.3, -0.25) is 4.21 Å². The second-order valence-electron chi connectivity index (χ2n) is 5.58. The van der Waals surface area contributed by atoms with Gasteiger partial charge in [0, 0.05) is 22.3 Å². The predicted molar refractivity (Wildman–Crippen MR) is 67.3 cm³/mol. The van der Waals surface area contributed by atoms with E-state index in [1.54, 1.807) is 0 Å². The van der Waals surface area contributed by atoms with Gasteiger partial charge < -0.3 is 5.73 Å². The first-order chi connectivity index (χ1) is 7.03. The van der Waals surface area contributed by atoms with E-state index in [4.69, 9.17) is 5.73 Å². The highest BCUT2D eigenvalue weighted by Crippen LogP contribution is 2.26. The second kappa shape index (κ2) is 6.00. The minimum Gasteiger partial charge on any atom is -0.330 e. The molecule has 15 heavy (non-hydrogen) atoms. The van der Waals surface area contributed by atoms with Gasteiger partial charge in [-0.25, -0.2) is 0 Å². The lowest BCUT2D eigenvalue weighted by Crippen LogP contribution is -2.26. The van der Waals surface area contributed by atoms with E-state index in [1.165, 1.54) is 25.7 Å². The van der Waals surface area contributed by atoms with Crippen LogP contribution in [0.1, 0.15) is 46.0 Å². The van der Waals surface area contributed by atoms with Crippen LogP contribution in [0.4, 0.5) is 0 Å². The Balaban J connectivity index is 2.18. The highest BCUT2D eigenvalue weighted by atomic mass is 32.2. The first kappa shape index (κ1) is 13.2. The maximum Gasteiger partial charge on any atom is 0.0263 e. The number of rotatable bonds is 6. The van der Waals surface area contributed by atoms with Gasteiger partial charge in [0.25, 0.3) is 0 Å². The molecule has 0 aromatic heterocycles. The van der Waals surface area contributed by atoms with E-state index >= 15 is 0 Å². The van der Waals surface area contributed by atoms with Crippen LogP contribution in [-0.4, -0.2) is 22.3 Å². The Kier molecular flexibility index (Phi) is 5.27. The zero-order valence-corrected chi connectivity index (χ0v) is 10.9. The lowest BCUT2D eigenvalue weighted by molar-refractivity contribution is 0.366. The summed E-state index contributed by atoms with van der Waals surface area (Å²) in [4.78, 5) is 0. The molecule has 1 saturated carbocycles. The summed E-state index contributed by atoms with van der Waals surface area (Å²) >= 11 is 0. The third kappa shape index (κ3) is 5.12. The van der Waals surface area contributed by atoms with Crippen LogP contribution in [0, 0.1) is 11.3 Å². The van der Waals surface area contributed by atoms with E-state index in [2.05, 4.69) is 13.8 Å². The average Bonchev–Trinajstić information content (AvgIpc) is 2.68. The molecular formula is C12H25NOS. The van der Waals surface area contributed by atoms with Gasteiger partial charge in [-0.1, -0.05) is 26.7 Å². The van der Waals surface area contributed by atoms with Crippen LogP contribution in [0.2, 0.25) is 0 Å². The quantitative estimate of drug-likeness (QED) is 0.762. The van der Waals surface area contributed by atoms with Gasteiger partial charge in [0.1, 0.15) is 0 Å². The fraction of sp³-hybridized carbons (Fsp3) is 1.00. The van der Waals surface area contributed by atoms with E-state index in [9.17, 15) is 4.21 Å². The highest BCUT2D eigenvalue weighted by Gasteiger charge is 2.20. The highest BCUT2D eigenvalue weighted by molar-refractivity contribution is 7.84. The number of nitrogens with two attached hydrogens (primary N) is 1. The maximum absolute atomic E-state index is 11.8. The molecule has 0 saturated heterocycles. The van der Waals surface area contributed by atoms with Crippen LogP contribution >= 0.6 is 0 Å². The molecule has 0 heterocycles. The lowest BCUT2D eigenvalue weighted by atomic mass is 9.91. The molecule has 1 aliphatic carbocycles.